The molecule has 0 aromatic heterocycles. The Hall–Kier alpha value is -2.42. The van der Waals surface area contributed by atoms with E-state index in [-0.39, 0.29) is 6.04 Å². The Labute approximate surface area is 162 Å². The van der Waals surface area contributed by atoms with Crippen LogP contribution in [0.15, 0.2) is 91.0 Å². The zero-order valence-electron chi connectivity index (χ0n) is 16.2. The van der Waals surface area contributed by atoms with E-state index < -0.39 is 11.6 Å². The maximum absolute atomic E-state index is 10.7. The Bertz CT molecular complexity index is 705. The molecule has 0 spiro atoms. The first-order valence-corrected chi connectivity index (χ1v) is 9.84. The van der Waals surface area contributed by atoms with Crippen LogP contribution in [-0.2, 0) is 5.54 Å². The molecule has 2 nitrogen and oxygen atoms in total. The molecule has 140 valence electrons. The molecule has 0 aliphatic carbocycles. The van der Waals surface area contributed by atoms with Crippen LogP contribution in [-0.4, -0.2) is 17.3 Å². The van der Waals surface area contributed by atoms with E-state index in [2.05, 4.69) is 85.0 Å². The first kappa shape index (κ1) is 19.3. The third kappa shape index (κ3) is 3.97. The summed E-state index contributed by atoms with van der Waals surface area (Å²) in [6, 6.07) is 31.6. The fraction of sp³-hybridized carbons (Fsp3) is 0.280. The topological polar surface area (TPSA) is 32.3 Å². The van der Waals surface area contributed by atoms with Crippen LogP contribution in [0, 0.1) is 0 Å². The molecule has 2 atom stereocenters. The summed E-state index contributed by atoms with van der Waals surface area (Å²) in [4.78, 5) is 0. The van der Waals surface area contributed by atoms with E-state index in [0.717, 1.165) is 12.8 Å². The average molecular weight is 360 g/mol. The number of nitrogens with one attached hydrogen (secondary N) is 1. The van der Waals surface area contributed by atoms with Crippen LogP contribution in [0.4, 0.5) is 0 Å². The Morgan fingerprint density at radius 1 is 0.667 bits per heavy atom. The second-order valence-electron chi connectivity index (χ2n) is 6.98. The van der Waals surface area contributed by atoms with E-state index >= 15 is 0 Å². The van der Waals surface area contributed by atoms with Crippen molar-refractivity contribution >= 4 is 0 Å². The van der Waals surface area contributed by atoms with Crippen molar-refractivity contribution in [2.75, 3.05) is 0 Å². The van der Waals surface area contributed by atoms with Crippen molar-refractivity contribution in [2.24, 2.45) is 0 Å². The van der Waals surface area contributed by atoms with Gasteiger partial charge in [0.1, 0.15) is 0 Å². The van der Waals surface area contributed by atoms with E-state index in [1.165, 1.54) is 16.7 Å². The maximum Gasteiger partial charge on any atom is 0.0950 e. The van der Waals surface area contributed by atoms with Gasteiger partial charge in [-0.15, -0.1) is 0 Å². The van der Waals surface area contributed by atoms with Crippen LogP contribution >= 0.6 is 0 Å². The molecular formula is C25H29NO. The van der Waals surface area contributed by atoms with Crippen molar-refractivity contribution in [3.63, 3.8) is 0 Å². The predicted octanol–water partition coefficient (Wildman–Crippen LogP) is 5.12. The summed E-state index contributed by atoms with van der Waals surface area (Å²) in [6.07, 6.45) is 1.17. The number of rotatable bonds is 8. The quantitative estimate of drug-likeness (QED) is 0.547. The molecule has 3 rings (SSSR count). The zero-order chi connectivity index (χ0) is 19.1. The van der Waals surface area contributed by atoms with Gasteiger partial charge in [0.05, 0.1) is 11.6 Å². The lowest BCUT2D eigenvalue weighted by Crippen LogP contribution is -2.53. The molecule has 2 unspecified atom stereocenters. The van der Waals surface area contributed by atoms with Crippen LogP contribution in [0.25, 0.3) is 0 Å². The van der Waals surface area contributed by atoms with Gasteiger partial charge in [0.2, 0.25) is 0 Å². The smallest absolute Gasteiger partial charge is 0.0950 e. The minimum Gasteiger partial charge on any atom is -0.392 e. The molecule has 27 heavy (non-hydrogen) atoms. The lowest BCUT2D eigenvalue weighted by Gasteiger charge is -2.41. The average Bonchev–Trinajstić information content (AvgIpc) is 2.76. The Morgan fingerprint density at radius 3 is 1.33 bits per heavy atom. The van der Waals surface area contributed by atoms with Crippen LogP contribution in [0.3, 0.4) is 0 Å². The van der Waals surface area contributed by atoms with Gasteiger partial charge in [0.15, 0.2) is 0 Å². The van der Waals surface area contributed by atoms with E-state index in [1.54, 1.807) is 0 Å². The SMILES string of the molecule is CCC(O)C(CC)NC(c1ccccc1)(c1ccccc1)c1ccccc1. The van der Waals surface area contributed by atoms with Gasteiger partial charge in [-0.25, -0.2) is 0 Å². The van der Waals surface area contributed by atoms with E-state index in [0.29, 0.717) is 0 Å². The van der Waals surface area contributed by atoms with Crippen molar-refractivity contribution in [2.45, 2.75) is 44.4 Å². The normalized spacial score (nSPS) is 13.9. The predicted molar refractivity (Wildman–Crippen MR) is 113 cm³/mol. The molecule has 2 N–H and O–H groups in total. The van der Waals surface area contributed by atoms with Crippen molar-refractivity contribution in [1.82, 2.24) is 5.32 Å². The number of hydrogen-bond donors (Lipinski definition) is 2. The lowest BCUT2D eigenvalue weighted by molar-refractivity contribution is 0.109. The van der Waals surface area contributed by atoms with Gasteiger partial charge >= 0.3 is 0 Å². The standard InChI is InChI=1S/C25H29NO/c1-3-23(24(27)4-2)26-25(20-14-8-5-9-15-20,21-16-10-6-11-17-21)22-18-12-7-13-19-22/h5-19,23-24,26-27H,3-4H2,1-2H3. The largest absolute Gasteiger partial charge is 0.392 e. The second-order valence-corrected chi connectivity index (χ2v) is 6.98. The third-order valence-corrected chi connectivity index (χ3v) is 5.34. The summed E-state index contributed by atoms with van der Waals surface area (Å²) in [5.41, 5.74) is 2.98. The molecule has 3 aromatic carbocycles. The number of aliphatic hydroxyl groups is 1. The highest BCUT2D eigenvalue weighted by atomic mass is 16.3. The van der Waals surface area contributed by atoms with Crippen LogP contribution in [0.2, 0.25) is 0 Å². The molecule has 3 aromatic rings. The van der Waals surface area contributed by atoms with Crippen molar-refractivity contribution < 1.29 is 5.11 Å². The van der Waals surface area contributed by atoms with Gasteiger partial charge in [-0.1, -0.05) is 105 Å². The first-order valence-electron chi connectivity index (χ1n) is 9.84. The number of hydrogen-bond acceptors (Lipinski definition) is 2. The first-order chi connectivity index (χ1) is 13.2. The molecule has 0 saturated carbocycles. The molecule has 0 aliphatic heterocycles. The van der Waals surface area contributed by atoms with Gasteiger partial charge in [-0.3, -0.25) is 5.32 Å². The van der Waals surface area contributed by atoms with Gasteiger partial charge in [-0.05, 0) is 29.5 Å². The highest BCUT2D eigenvalue weighted by Gasteiger charge is 2.38. The monoisotopic (exact) mass is 359 g/mol. The highest BCUT2D eigenvalue weighted by molar-refractivity contribution is 5.49. The van der Waals surface area contributed by atoms with Gasteiger partial charge in [0.25, 0.3) is 0 Å². The lowest BCUT2D eigenvalue weighted by atomic mass is 9.76. The minimum atomic E-state index is -0.527. The van der Waals surface area contributed by atoms with Gasteiger partial charge in [0, 0.05) is 6.04 Å². The van der Waals surface area contributed by atoms with Crippen LogP contribution < -0.4 is 5.32 Å². The molecule has 0 fully saturated rings. The number of benzene rings is 3. The highest BCUT2D eigenvalue weighted by Crippen LogP contribution is 2.37. The Balaban J connectivity index is 2.26. The molecule has 0 aliphatic rings. The summed E-state index contributed by atoms with van der Waals surface area (Å²) >= 11 is 0. The van der Waals surface area contributed by atoms with Crippen molar-refractivity contribution in [1.29, 1.82) is 0 Å². The number of aliphatic hydroxyl groups excluding tert-OH is 1. The molecule has 0 bridgehead atoms. The molecule has 0 saturated heterocycles. The summed E-state index contributed by atoms with van der Waals surface area (Å²) < 4.78 is 0. The summed E-state index contributed by atoms with van der Waals surface area (Å²) in [5, 5.41) is 14.5. The minimum absolute atomic E-state index is 0.0179. The summed E-state index contributed by atoms with van der Waals surface area (Å²) in [6.45, 7) is 4.16. The fourth-order valence-corrected chi connectivity index (χ4v) is 3.85. The molecule has 0 radical (unpaired) electrons. The van der Waals surface area contributed by atoms with Crippen molar-refractivity contribution in [3.05, 3.63) is 108 Å². The third-order valence-electron chi connectivity index (χ3n) is 5.34. The summed E-state index contributed by atoms with van der Waals surface area (Å²) in [7, 11) is 0. The van der Waals surface area contributed by atoms with E-state index in [4.69, 9.17) is 0 Å². The van der Waals surface area contributed by atoms with E-state index in [9.17, 15) is 5.11 Å². The van der Waals surface area contributed by atoms with Gasteiger partial charge in [-0.2, -0.15) is 0 Å². The Kier molecular flexibility index (Phi) is 6.44. The fourth-order valence-electron chi connectivity index (χ4n) is 3.85. The van der Waals surface area contributed by atoms with Crippen LogP contribution in [0.1, 0.15) is 43.4 Å². The van der Waals surface area contributed by atoms with Gasteiger partial charge < -0.3 is 5.11 Å². The second kappa shape index (κ2) is 8.98. The van der Waals surface area contributed by atoms with Crippen molar-refractivity contribution in [3.8, 4) is 0 Å². The van der Waals surface area contributed by atoms with Crippen LogP contribution in [0.5, 0.6) is 0 Å². The van der Waals surface area contributed by atoms with E-state index in [1.807, 2.05) is 25.1 Å². The molecule has 2 heteroatoms. The zero-order valence-corrected chi connectivity index (χ0v) is 16.2. The molecule has 0 heterocycles. The molecule has 0 amide bonds. The Morgan fingerprint density at radius 2 is 1.04 bits per heavy atom. The maximum atomic E-state index is 10.7. The molecular weight excluding hydrogens is 330 g/mol. The summed E-state index contributed by atoms with van der Waals surface area (Å²) in [5.74, 6) is 0.